The number of hydrogen-bond donors (Lipinski definition) is 0. The van der Waals surface area contributed by atoms with Gasteiger partial charge in [0.15, 0.2) is 0 Å². The summed E-state index contributed by atoms with van der Waals surface area (Å²) in [6, 6.07) is 17.7. The van der Waals surface area contributed by atoms with E-state index in [1.54, 1.807) is 6.08 Å². The van der Waals surface area contributed by atoms with Gasteiger partial charge in [-0.25, -0.2) is 4.98 Å². The van der Waals surface area contributed by atoms with Crippen LogP contribution in [0.4, 0.5) is 0 Å². The summed E-state index contributed by atoms with van der Waals surface area (Å²) in [5.74, 6) is 0.563. The molecule has 0 aliphatic heterocycles. The van der Waals surface area contributed by atoms with Gasteiger partial charge in [-0.2, -0.15) is 10.2 Å². The van der Waals surface area contributed by atoms with Crippen molar-refractivity contribution in [2.75, 3.05) is 0 Å². The molecule has 28 heavy (non-hydrogen) atoms. The first-order chi connectivity index (χ1) is 13.5. The van der Waals surface area contributed by atoms with Crippen molar-refractivity contribution in [3.63, 3.8) is 0 Å². The van der Waals surface area contributed by atoms with Crippen LogP contribution in [-0.4, -0.2) is 15.1 Å². The lowest BCUT2D eigenvalue weighted by Gasteiger charge is -2.03. The number of fused-ring (bicyclic) bond motifs is 1. The molecule has 2 aromatic carbocycles. The molecule has 0 N–H and O–H groups in total. The molecule has 2 heterocycles. The molecule has 4 aromatic rings. The Kier molecular flexibility index (Phi) is 4.64. The van der Waals surface area contributed by atoms with Gasteiger partial charge < -0.3 is 4.52 Å². The van der Waals surface area contributed by atoms with E-state index in [1.165, 1.54) is 0 Å². The molecule has 0 unspecified atom stereocenters. The SMILES string of the molecule is Cc1ccc(-c2noc(/C(C#N)=C/c3cc4ccc(C)cc4nc3Cl)n2)cc1. The van der Waals surface area contributed by atoms with Crippen LogP contribution in [-0.2, 0) is 0 Å². The molecule has 4 rings (SSSR count). The van der Waals surface area contributed by atoms with Crippen molar-refractivity contribution in [1.29, 1.82) is 5.26 Å². The third-order valence-electron chi connectivity index (χ3n) is 4.34. The largest absolute Gasteiger partial charge is 0.333 e. The number of halogens is 1. The van der Waals surface area contributed by atoms with Gasteiger partial charge >= 0.3 is 0 Å². The Bertz CT molecular complexity index is 1250. The van der Waals surface area contributed by atoms with Crippen molar-refractivity contribution < 1.29 is 4.52 Å². The number of allylic oxidation sites excluding steroid dienone is 1. The summed E-state index contributed by atoms with van der Waals surface area (Å²) < 4.78 is 5.30. The lowest BCUT2D eigenvalue weighted by Crippen LogP contribution is -1.88. The molecule has 0 aliphatic rings. The molecule has 136 valence electrons. The van der Waals surface area contributed by atoms with E-state index in [0.717, 1.165) is 27.6 Å². The standard InChI is InChI=1S/C22H15ClN4O/c1-13-3-6-15(7-4-13)21-26-22(28-27-21)18(12-24)11-17-10-16-8-5-14(2)9-19(16)25-20(17)23/h3-11H,1-2H3/b18-11+. The predicted molar refractivity (Wildman–Crippen MR) is 109 cm³/mol. The van der Waals surface area contributed by atoms with Crippen molar-refractivity contribution >= 4 is 34.2 Å². The second-order valence-corrected chi connectivity index (χ2v) is 6.88. The van der Waals surface area contributed by atoms with E-state index < -0.39 is 0 Å². The van der Waals surface area contributed by atoms with E-state index in [2.05, 4.69) is 21.2 Å². The molecule has 0 saturated carbocycles. The van der Waals surface area contributed by atoms with E-state index in [0.29, 0.717) is 16.5 Å². The molecule has 0 saturated heterocycles. The minimum Gasteiger partial charge on any atom is -0.333 e. The molecule has 5 nitrogen and oxygen atoms in total. The number of nitriles is 1. The number of aromatic nitrogens is 3. The van der Waals surface area contributed by atoms with Crippen LogP contribution in [0, 0.1) is 25.2 Å². The highest BCUT2D eigenvalue weighted by molar-refractivity contribution is 6.31. The second-order valence-electron chi connectivity index (χ2n) is 6.52. The Labute approximate surface area is 166 Å². The number of rotatable bonds is 3. The fraction of sp³-hybridized carbons (Fsp3) is 0.0909. The third kappa shape index (κ3) is 3.51. The Morgan fingerprint density at radius 3 is 2.54 bits per heavy atom. The molecular formula is C22H15ClN4O. The van der Waals surface area contributed by atoms with Gasteiger partial charge in [-0.05, 0) is 37.6 Å². The summed E-state index contributed by atoms with van der Waals surface area (Å²) in [6.07, 6.45) is 1.61. The summed E-state index contributed by atoms with van der Waals surface area (Å²) in [4.78, 5) is 8.77. The monoisotopic (exact) mass is 386 g/mol. The number of benzene rings is 2. The zero-order valence-electron chi connectivity index (χ0n) is 15.3. The lowest BCUT2D eigenvalue weighted by molar-refractivity contribution is 0.409. The van der Waals surface area contributed by atoms with Crippen molar-refractivity contribution in [2.45, 2.75) is 13.8 Å². The molecule has 0 aliphatic carbocycles. The van der Waals surface area contributed by atoms with Gasteiger partial charge in [0.05, 0.1) is 5.52 Å². The van der Waals surface area contributed by atoms with Crippen LogP contribution < -0.4 is 0 Å². The van der Waals surface area contributed by atoms with E-state index >= 15 is 0 Å². The first-order valence-electron chi connectivity index (χ1n) is 8.63. The van der Waals surface area contributed by atoms with Crippen molar-refractivity contribution in [3.05, 3.63) is 76.3 Å². The van der Waals surface area contributed by atoms with Crippen molar-refractivity contribution in [3.8, 4) is 17.5 Å². The third-order valence-corrected chi connectivity index (χ3v) is 4.64. The van der Waals surface area contributed by atoms with Crippen molar-refractivity contribution in [2.24, 2.45) is 0 Å². The van der Waals surface area contributed by atoms with Crippen LogP contribution in [0.15, 0.2) is 53.1 Å². The van der Waals surface area contributed by atoms with Crippen LogP contribution in [0.1, 0.15) is 22.6 Å². The normalized spacial score (nSPS) is 11.6. The average molecular weight is 387 g/mol. The number of aryl methyl sites for hydroxylation is 2. The highest BCUT2D eigenvalue weighted by Gasteiger charge is 2.14. The fourth-order valence-corrected chi connectivity index (χ4v) is 3.02. The van der Waals surface area contributed by atoms with Crippen LogP contribution in [0.3, 0.4) is 0 Å². The number of nitrogens with zero attached hydrogens (tertiary/aromatic N) is 4. The highest BCUT2D eigenvalue weighted by atomic mass is 35.5. The van der Waals surface area contributed by atoms with Gasteiger partial charge in [0.25, 0.3) is 5.89 Å². The van der Waals surface area contributed by atoms with Crippen LogP contribution in [0.2, 0.25) is 5.15 Å². The summed E-state index contributed by atoms with van der Waals surface area (Å²) >= 11 is 6.33. The van der Waals surface area contributed by atoms with E-state index in [9.17, 15) is 5.26 Å². The predicted octanol–water partition coefficient (Wildman–Crippen LogP) is 5.62. The highest BCUT2D eigenvalue weighted by Crippen LogP contribution is 2.26. The summed E-state index contributed by atoms with van der Waals surface area (Å²) in [5.41, 5.74) is 4.70. The topological polar surface area (TPSA) is 75.6 Å². The zero-order valence-corrected chi connectivity index (χ0v) is 16.0. The van der Waals surface area contributed by atoms with E-state index in [1.807, 2.05) is 62.4 Å². The van der Waals surface area contributed by atoms with Gasteiger partial charge in [-0.15, -0.1) is 0 Å². The maximum absolute atomic E-state index is 9.59. The van der Waals surface area contributed by atoms with Gasteiger partial charge in [-0.1, -0.05) is 58.7 Å². The maximum Gasteiger partial charge on any atom is 0.268 e. The van der Waals surface area contributed by atoms with Gasteiger partial charge in [0, 0.05) is 16.5 Å². The Balaban J connectivity index is 1.73. The lowest BCUT2D eigenvalue weighted by atomic mass is 10.1. The Morgan fingerprint density at radius 1 is 1.04 bits per heavy atom. The van der Waals surface area contributed by atoms with Crippen LogP contribution in [0.5, 0.6) is 0 Å². The number of hydrogen-bond acceptors (Lipinski definition) is 5. The van der Waals surface area contributed by atoms with Gasteiger partial charge in [0.1, 0.15) is 16.8 Å². The van der Waals surface area contributed by atoms with Crippen molar-refractivity contribution in [1.82, 2.24) is 15.1 Å². The molecule has 0 bridgehead atoms. The smallest absolute Gasteiger partial charge is 0.268 e. The minimum absolute atomic E-state index is 0.137. The first-order valence-corrected chi connectivity index (χ1v) is 9.01. The molecule has 0 amide bonds. The maximum atomic E-state index is 9.59. The van der Waals surface area contributed by atoms with Gasteiger partial charge in [0.2, 0.25) is 5.82 Å². The first kappa shape index (κ1) is 17.9. The van der Waals surface area contributed by atoms with Crippen LogP contribution >= 0.6 is 11.6 Å². The Morgan fingerprint density at radius 2 is 1.79 bits per heavy atom. The molecule has 6 heteroatoms. The molecular weight excluding hydrogens is 372 g/mol. The quantitative estimate of drug-likeness (QED) is 0.337. The van der Waals surface area contributed by atoms with Gasteiger partial charge in [-0.3, -0.25) is 0 Å². The number of pyridine rings is 1. The molecule has 2 aromatic heterocycles. The average Bonchev–Trinajstić information content (AvgIpc) is 3.17. The van der Waals surface area contributed by atoms with E-state index in [4.69, 9.17) is 16.1 Å². The fourth-order valence-electron chi connectivity index (χ4n) is 2.82. The Hall–Kier alpha value is -3.49. The summed E-state index contributed by atoms with van der Waals surface area (Å²) in [5, 5.41) is 14.8. The van der Waals surface area contributed by atoms with Crippen LogP contribution in [0.25, 0.3) is 33.9 Å². The molecule has 0 radical (unpaired) electrons. The minimum atomic E-state index is 0.137. The van der Waals surface area contributed by atoms with E-state index in [-0.39, 0.29) is 11.5 Å². The molecule has 0 atom stereocenters. The molecule has 0 fully saturated rings. The summed E-state index contributed by atoms with van der Waals surface area (Å²) in [7, 11) is 0. The molecule has 0 spiro atoms. The summed E-state index contributed by atoms with van der Waals surface area (Å²) in [6.45, 7) is 4.00. The second kappa shape index (κ2) is 7.26. The zero-order chi connectivity index (χ0) is 19.7.